The van der Waals surface area contributed by atoms with Crippen LogP contribution in [0.4, 0.5) is 0 Å². The van der Waals surface area contributed by atoms with Gasteiger partial charge in [0.2, 0.25) is 15.9 Å². The van der Waals surface area contributed by atoms with E-state index in [0.29, 0.717) is 23.7 Å². The summed E-state index contributed by atoms with van der Waals surface area (Å²) in [6.45, 7) is 0.534. The Labute approximate surface area is 111 Å². The number of sulfonamides is 1. The van der Waals surface area contributed by atoms with E-state index < -0.39 is 10.0 Å². The van der Waals surface area contributed by atoms with Crippen molar-refractivity contribution in [3.63, 3.8) is 0 Å². The van der Waals surface area contributed by atoms with E-state index in [9.17, 15) is 13.2 Å². The molecule has 1 amide bonds. The zero-order valence-corrected chi connectivity index (χ0v) is 11.2. The lowest BCUT2D eigenvalue weighted by Gasteiger charge is -2.26. The third-order valence-corrected chi connectivity index (χ3v) is 4.84. The van der Waals surface area contributed by atoms with E-state index in [1.807, 2.05) is 0 Å². The second-order valence-electron chi connectivity index (χ2n) is 4.03. The predicted octanol–water partition coefficient (Wildman–Crippen LogP) is 0.602. The molecular weight excluding hydrogens is 276 g/mol. The maximum Gasteiger partial charge on any atom is 0.235 e. The summed E-state index contributed by atoms with van der Waals surface area (Å²) >= 11 is 5.94. The molecule has 2 rings (SSSR count). The van der Waals surface area contributed by atoms with Gasteiger partial charge in [-0.05, 0) is 11.6 Å². The lowest BCUT2D eigenvalue weighted by Crippen LogP contribution is -2.50. The van der Waals surface area contributed by atoms with Crippen LogP contribution in [0.25, 0.3) is 0 Å². The molecule has 0 aromatic heterocycles. The van der Waals surface area contributed by atoms with Crippen LogP contribution in [0.1, 0.15) is 5.56 Å². The van der Waals surface area contributed by atoms with Gasteiger partial charge in [-0.15, -0.1) is 0 Å². The van der Waals surface area contributed by atoms with Crippen molar-refractivity contribution in [1.82, 2.24) is 9.62 Å². The van der Waals surface area contributed by atoms with E-state index in [4.69, 9.17) is 11.6 Å². The standard InChI is InChI=1S/C11H13ClN2O3S/c12-10-4-2-1-3-9(10)8-18(16,17)14-6-5-13-11(15)7-14/h1-4H,5-8H2,(H,13,15). The van der Waals surface area contributed by atoms with Gasteiger partial charge in [0.15, 0.2) is 0 Å². The molecule has 5 nitrogen and oxygen atoms in total. The maximum atomic E-state index is 12.1. The Hall–Kier alpha value is -1.11. The van der Waals surface area contributed by atoms with Gasteiger partial charge in [-0.2, -0.15) is 4.31 Å². The van der Waals surface area contributed by atoms with Crippen LogP contribution in [-0.4, -0.2) is 38.3 Å². The van der Waals surface area contributed by atoms with Crippen LogP contribution in [0.3, 0.4) is 0 Å². The van der Waals surface area contributed by atoms with E-state index in [1.54, 1.807) is 24.3 Å². The Balaban J connectivity index is 2.17. The molecule has 0 radical (unpaired) electrons. The lowest BCUT2D eigenvalue weighted by molar-refractivity contribution is -0.122. The van der Waals surface area contributed by atoms with Crippen LogP contribution in [0.2, 0.25) is 5.02 Å². The van der Waals surface area contributed by atoms with Gasteiger partial charge in [-0.3, -0.25) is 4.79 Å². The Morgan fingerprint density at radius 1 is 1.33 bits per heavy atom. The van der Waals surface area contributed by atoms with E-state index in [1.165, 1.54) is 4.31 Å². The molecule has 1 N–H and O–H groups in total. The number of hydrogen-bond donors (Lipinski definition) is 1. The Bertz CT molecular complexity index is 559. The molecule has 7 heteroatoms. The summed E-state index contributed by atoms with van der Waals surface area (Å²) in [7, 11) is -3.50. The van der Waals surface area contributed by atoms with Crippen LogP contribution in [0, 0.1) is 0 Å². The van der Waals surface area contributed by atoms with Gasteiger partial charge in [0.1, 0.15) is 0 Å². The van der Waals surface area contributed by atoms with Gasteiger partial charge in [0, 0.05) is 18.1 Å². The number of piperazine rings is 1. The molecule has 1 fully saturated rings. The van der Waals surface area contributed by atoms with Crippen molar-refractivity contribution in [2.45, 2.75) is 5.75 Å². The molecular formula is C11H13ClN2O3S. The summed E-state index contributed by atoms with van der Waals surface area (Å²) in [6, 6.07) is 6.80. The number of nitrogens with zero attached hydrogens (tertiary/aromatic N) is 1. The highest BCUT2D eigenvalue weighted by Crippen LogP contribution is 2.19. The van der Waals surface area contributed by atoms with Gasteiger partial charge >= 0.3 is 0 Å². The minimum atomic E-state index is -3.50. The zero-order valence-electron chi connectivity index (χ0n) is 9.60. The molecule has 98 valence electrons. The average molecular weight is 289 g/mol. The van der Waals surface area contributed by atoms with Crippen molar-refractivity contribution < 1.29 is 13.2 Å². The summed E-state index contributed by atoms with van der Waals surface area (Å²) in [5.41, 5.74) is 0.546. The Kier molecular flexibility index (Phi) is 3.89. The molecule has 0 saturated carbocycles. The smallest absolute Gasteiger partial charge is 0.235 e. The van der Waals surface area contributed by atoms with Crippen molar-refractivity contribution in [1.29, 1.82) is 0 Å². The first kappa shape index (κ1) is 13.3. The molecule has 1 aromatic rings. The van der Waals surface area contributed by atoms with Gasteiger partial charge in [-0.25, -0.2) is 8.42 Å². The van der Waals surface area contributed by atoms with Crippen LogP contribution >= 0.6 is 11.6 Å². The highest BCUT2D eigenvalue weighted by atomic mass is 35.5. The summed E-state index contributed by atoms with van der Waals surface area (Å²) in [4.78, 5) is 11.2. The first-order chi connectivity index (χ1) is 8.49. The maximum absolute atomic E-state index is 12.1. The molecule has 0 bridgehead atoms. The second-order valence-corrected chi connectivity index (χ2v) is 6.41. The molecule has 0 atom stereocenters. The molecule has 0 aliphatic carbocycles. The van der Waals surface area contributed by atoms with Crippen LogP contribution in [0.15, 0.2) is 24.3 Å². The van der Waals surface area contributed by atoms with Gasteiger partial charge in [0.25, 0.3) is 0 Å². The van der Waals surface area contributed by atoms with Crippen LogP contribution < -0.4 is 5.32 Å². The molecule has 1 aliphatic heterocycles. The topological polar surface area (TPSA) is 66.5 Å². The fraction of sp³-hybridized carbons (Fsp3) is 0.364. The van der Waals surface area contributed by atoms with E-state index in [-0.39, 0.29) is 18.2 Å². The number of rotatable bonds is 3. The lowest BCUT2D eigenvalue weighted by atomic mass is 10.2. The number of carbonyl (C=O) groups excluding carboxylic acids is 1. The van der Waals surface area contributed by atoms with E-state index in [0.717, 1.165) is 0 Å². The minimum absolute atomic E-state index is 0.118. The molecule has 1 heterocycles. The van der Waals surface area contributed by atoms with E-state index in [2.05, 4.69) is 5.32 Å². The fourth-order valence-electron chi connectivity index (χ4n) is 1.76. The molecule has 18 heavy (non-hydrogen) atoms. The van der Waals surface area contributed by atoms with Crippen LogP contribution in [-0.2, 0) is 20.6 Å². The fourth-order valence-corrected chi connectivity index (χ4v) is 3.55. The van der Waals surface area contributed by atoms with Crippen molar-refractivity contribution in [2.24, 2.45) is 0 Å². The number of benzene rings is 1. The Morgan fingerprint density at radius 3 is 2.72 bits per heavy atom. The first-order valence-corrected chi connectivity index (χ1v) is 7.46. The van der Waals surface area contributed by atoms with Gasteiger partial charge in [0.05, 0.1) is 12.3 Å². The highest BCUT2D eigenvalue weighted by molar-refractivity contribution is 7.88. The highest BCUT2D eigenvalue weighted by Gasteiger charge is 2.28. The molecule has 0 unspecified atom stereocenters. The van der Waals surface area contributed by atoms with Crippen LogP contribution in [0.5, 0.6) is 0 Å². The number of hydrogen-bond acceptors (Lipinski definition) is 3. The normalized spacial score (nSPS) is 17.5. The zero-order chi connectivity index (χ0) is 13.2. The summed E-state index contributed by atoms with van der Waals surface area (Å²) < 4.78 is 25.5. The Morgan fingerprint density at radius 2 is 2.06 bits per heavy atom. The molecule has 1 aromatic carbocycles. The minimum Gasteiger partial charge on any atom is -0.354 e. The molecule has 0 spiro atoms. The third kappa shape index (κ3) is 3.01. The second kappa shape index (κ2) is 5.26. The summed E-state index contributed by atoms with van der Waals surface area (Å²) in [5, 5.41) is 3.01. The SMILES string of the molecule is O=C1CN(S(=O)(=O)Cc2ccccc2Cl)CCN1. The van der Waals surface area contributed by atoms with Crippen molar-refractivity contribution in [3.8, 4) is 0 Å². The number of nitrogens with one attached hydrogen (secondary N) is 1. The van der Waals surface area contributed by atoms with E-state index >= 15 is 0 Å². The monoisotopic (exact) mass is 288 g/mol. The number of halogens is 1. The van der Waals surface area contributed by atoms with Crippen molar-refractivity contribution in [2.75, 3.05) is 19.6 Å². The molecule has 1 aliphatic rings. The van der Waals surface area contributed by atoms with Gasteiger partial charge in [-0.1, -0.05) is 29.8 Å². The first-order valence-electron chi connectivity index (χ1n) is 5.47. The summed E-state index contributed by atoms with van der Waals surface area (Å²) in [5.74, 6) is -0.455. The van der Waals surface area contributed by atoms with Crippen molar-refractivity contribution >= 4 is 27.5 Å². The summed E-state index contributed by atoms with van der Waals surface area (Å²) in [6.07, 6.45) is 0. The largest absolute Gasteiger partial charge is 0.354 e. The molecule has 1 saturated heterocycles. The number of carbonyl (C=O) groups is 1. The quantitative estimate of drug-likeness (QED) is 0.886. The van der Waals surface area contributed by atoms with Gasteiger partial charge < -0.3 is 5.32 Å². The third-order valence-electron chi connectivity index (χ3n) is 2.69. The predicted molar refractivity (Wildman–Crippen MR) is 68.7 cm³/mol. The average Bonchev–Trinajstić information content (AvgIpc) is 2.32. The van der Waals surface area contributed by atoms with Crippen molar-refractivity contribution in [3.05, 3.63) is 34.9 Å². The number of amides is 1.